The standard InChI is InChI=1S/C19H17ClN4O2/c20-14-6-2-4-8-16(14)23-9-11-24(12-10-23)19(26)17-21-15-7-3-1-5-13(15)18(25)22-17/h1-8H,9-12H2,(H,21,22,25). The van der Waals surface area contributed by atoms with Crippen LogP contribution in [0.3, 0.4) is 0 Å². The minimum atomic E-state index is -0.298. The zero-order valence-corrected chi connectivity index (χ0v) is 14.7. The zero-order chi connectivity index (χ0) is 18.1. The van der Waals surface area contributed by atoms with E-state index in [1.807, 2.05) is 24.3 Å². The first kappa shape index (κ1) is 16.6. The average Bonchev–Trinajstić information content (AvgIpc) is 2.68. The number of benzene rings is 2. The van der Waals surface area contributed by atoms with Gasteiger partial charge >= 0.3 is 0 Å². The molecule has 0 saturated carbocycles. The van der Waals surface area contributed by atoms with Gasteiger partial charge in [-0.2, -0.15) is 0 Å². The number of aromatic amines is 1. The first-order chi connectivity index (χ1) is 12.6. The smallest absolute Gasteiger partial charge is 0.289 e. The largest absolute Gasteiger partial charge is 0.367 e. The van der Waals surface area contributed by atoms with Crippen molar-refractivity contribution in [1.82, 2.24) is 14.9 Å². The summed E-state index contributed by atoms with van der Waals surface area (Å²) in [7, 11) is 0. The van der Waals surface area contributed by atoms with Crippen LogP contribution in [0.1, 0.15) is 10.6 Å². The van der Waals surface area contributed by atoms with Gasteiger partial charge in [0.2, 0.25) is 0 Å². The Morgan fingerprint density at radius 3 is 2.46 bits per heavy atom. The van der Waals surface area contributed by atoms with Crippen molar-refractivity contribution >= 4 is 34.1 Å². The Morgan fingerprint density at radius 1 is 1.00 bits per heavy atom. The van der Waals surface area contributed by atoms with Gasteiger partial charge in [0.05, 0.1) is 21.6 Å². The maximum absolute atomic E-state index is 12.8. The molecule has 1 N–H and O–H groups in total. The van der Waals surface area contributed by atoms with Gasteiger partial charge in [0.15, 0.2) is 5.82 Å². The van der Waals surface area contributed by atoms with Gasteiger partial charge in [-0.15, -0.1) is 0 Å². The van der Waals surface area contributed by atoms with Gasteiger partial charge in [0, 0.05) is 26.2 Å². The maximum atomic E-state index is 12.8. The van der Waals surface area contributed by atoms with Crippen molar-refractivity contribution in [1.29, 1.82) is 0 Å². The van der Waals surface area contributed by atoms with E-state index in [2.05, 4.69) is 14.9 Å². The lowest BCUT2D eigenvalue weighted by Crippen LogP contribution is -2.49. The van der Waals surface area contributed by atoms with Gasteiger partial charge in [0.25, 0.3) is 11.5 Å². The first-order valence-corrected chi connectivity index (χ1v) is 8.79. The molecular weight excluding hydrogens is 352 g/mol. The number of fused-ring (bicyclic) bond motifs is 1. The van der Waals surface area contributed by atoms with E-state index in [0.717, 1.165) is 5.69 Å². The Labute approximate surface area is 155 Å². The average molecular weight is 369 g/mol. The molecule has 0 bridgehead atoms. The lowest BCUT2D eigenvalue weighted by atomic mass is 10.2. The van der Waals surface area contributed by atoms with Gasteiger partial charge < -0.3 is 14.8 Å². The van der Waals surface area contributed by atoms with E-state index < -0.39 is 0 Å². The molecule has 1 fully saturated rings. The van der Waals surface area contributed by atoms with Crippen molar-refractivity contribution < 1.29 is 4.79 Å². The molecule has 132 valence electrons. The number of para-hydroxylation sites is 2. The second-order valence-corrected chi connectivity index (χ2v) is 6.57. The number of nitrogens with one attached hydrogen (secondary N) is 1. The predicted octanol–water partition coefficient (Wildman–Crippen LogP) is 2.54. The highest BCUT2D eigenvalue weighted by atomic mass is 35.5. The van der Waals surface area contributed by atoms with Crippen LogP contribution in [0.25, 0.3) is 10.9 Å². The molecule has 1 aliphatic heterocycles. The van der Waals surface area contributed by atoms with Crippen molar-refractivity contribution in [2.45, 2.75) is 0 Å². The van der Waals surface area contributed by atoms with Gasteiger partial charge in [-0.3, -0.25) is 9.59 Å². The molecule has 2 heterocycles. The van der Waals surface area contributed by atoms with E-state index in [1.165, 1.54) is 0 Å². The van der Waals surface area contributed by atoms with E-state index in [1.54, 1.807) is 29.2 Å². The minimum Gasteiger partial charge on any atom is -0.367 e. The van der Waals surface area contributed by atoms with E-state index in [-0.39, 0.29) is 17.3 Å². The molecule has 26 heavy (non-hydrogen) atoms. The van der Waals surface area contributed by atoms with Gasteiger partial charge in [-0.05, 0) is 24.3 Å². The first-order valence-electron chi connectivity index (χ1n) is 8.41. The van der Waals surface area contributed by atoms with Crippen LogP contribution in [0.4, 0.5) is 5.69 Å². The number of amides is 1. The molecule has 2 aromatic carbocycles. The van der Waals surface area contributed by atoms with Crippen LogP contribution < -0.4 is 10.5 Å². The van der Waals surface area contributed by atoms with Crippen LogP contribution >= 0.6 is 11.6 Å². The Bertz CT molecular complexity index is 1030. The number of anilines is 1. The molecule has 0 unspecified atom stereocenters. The molecule has 1 aliphatic rings. The number of aromatic nitrogens is 2. The molecule has 3 aromatic rings. The fraction of sp³-hybridized carbons (Fsp3) is 0.211. The van der Waals surface area contributed by atoms with E-state index in [9.17, 15) is 9.59 Å². The molecule has 1 saturated heterocycles. The maximum Gasteiger partial charge on any atom is 0.289 e. The van der Waals surface area contributed by atoms with E-state index in [4.69, 9.17) is 11.6 Å². The number of hydrogen-bond acceptors (Lipinski definition) is 4. The molecule has 1 aromatic heterocycles. The van der Waals surface area contributed by atoms with Crippen molar-refractivity contribution in [3.63, 3.8) is 0 Å². The lowest BCUT2D eigenvalue weighted by molar-refractivity contribution is 0.0734. The summed E-state index contributed by atoms with van der Waals surface area (Å²) in [5.74, 6) is -0.174. The molecule has 0 aliphatic carbocycles. The number of halogens is 1. The number of hydrogen-bond donors (Lipinski definition) is 1. The van der Waals surface area contributed by atoms with Crippen LogP contribution in [0, 0.1) is 0 Å². The third-order valence-electron chi connectivity index (χ3n) is 4.58. The fourth-order valence-corrected chi connectivity index (χ4v) is 3.45. The summed E-state index contributed by atoms with van der Waals surface area (Å²) < 4.78 is 0. The molecule has 4 rings (SSSR count). The topological polar surface area (TPSA) is 69.3 Å². The van der Waals surface area contributed by atoms with Crippen LogP contribution in [0.2, 0.25) is 5.02 Å². The Hall–Kier alpha value is -2.86. The number of piperazine rings is 1. The Balaban J connectivity index is 1.52. The Morgan fingerprint density at radius 2 is 1.69 bits per heavy atom. The second kappa shape index (κ2) is 6.80. The number of H-pyrrole nitrogens is 1. The summed E-state index contributed by atoms with van der Waals surface area (Å²) in [6, 6.07) is 14.7. The summed E-state index contributed by atoms with van der Waals surface area (Å²) in [5.41, 5.74) is 1.20. The predicted molar refractivity (Wildman–Crippen MR) is 102 cm³/mol. The van der Waals surface area contributed by atoms with Gasteiger partial charge in [-0.1, -0.05) is 35.9 Å². The molecular formula is C19H17ClN4O2. The minimum absolute atomic E-state index is 0.0832. The third-order valence-corrected chi connectivity index (χ3v) is 4.90. The van der Waals surface area contributed by atoms with Crippen LogP contribution in [-0.4, -0.2) is 47.0 Å². The monoisotopic (exact) mass is 368 g/mol. The lowest BCUT2D eigenvalue weighted by Gasteiger charge is -2.36. The highest BCUT2D eigenvalue weighted by Crippen LogP contribution is 2.26. The molecule has 0 radical (unpaired) electrons. The number of nitrogens with zero attached hydrogens (tertiary/aromatic N) is 3. The quantitative estimate of drug-likeness (QED) is 0.754. The normalized spacial score (nSPS) is 14.7. The fourth-order valence-electron chi connectivity index (χ4n) is 3.20. The van der Waals surface area contributed by atoms with Crippen molar-refractivity contribution in [2.75, 3.05) is 31.1 Å². The summed E-state index contributed by atoms with van der Waals surface area (Å²) in [6.45, 7) is 2.43. The number of carbonyl (C=O) groups is 1. The van der Waals surface area contributed by atoms with Crippen LogP contribution in [0.15, 0.2) is 53.3 Å². The van der Waals surface area contributed by atoms with Crippen molar-refractivity contribution in [2.24, 2.45) is 0 Å². The molecule has 6 nitrogen and oxygen atoms in total. The van der Waals surface area contributed by atoms with Crippen LogP contribution in [-0.2, 0) is 0 Å². The van der Waals surface area contributed by atoms with E-state index in [0.29, 0.717) is 42.1 Å². The van der Waals surface area contributed by atoms with E-state index >= 15 is 0 Å². The summed E-state index contributed by atoms with van der Waals surface area (Å²) >= 11 is 6.25. The highest BCUT2D eigenvalue weighted by Gasteiger charge is 2.25. The molecule has 0 spiro atoms. The van der Waals surface area contributed by atoms with Gasteiger partial charge in [-0.25, -0.2) is 4.98 Å². The van der Waals surface area contributed by atoms with Crippen LogP contribution in [0.5, 0.6) is 0 Å². The third kappa shape index (κ3) is 3.04. The SMILES string of the molecule is O=C(c1nc2ccccc2c(=O)[nH]1)N1CCN(c2ccccc2Cl)CC1. The molecule has 0 atom stereocenters. The number of carbonyl (C=O) groups excluding carboxylic acids is 1. The van der Waals surface area contributed by atoms with Crippen molar-refractivity contribution in [3.05, 3.63) is 69.7 Å². The Kier molecular flexibility index (Phi) is 4.34. The zero-order valence-electron chi connectivity index (χ0n) is 14.0. The van der Waals surface area contributed by atoms with Crippen molar-refractivity contribution in [3.8, 4) is 0 Å². The second-order valence-electron chi connectivity index (χ2n) is 6.16. The molecule has 7 heteroatoms. The summed E-state index contributed by atoms with van der Waals surface area (Å²) in [4.78, 5) is 35.7. The summed E-state index contributed by atoms with van der Waals surface area (Å²) in [6.07, 6.45) is 0. The van der Waals surface area contributed by atoms with Gasteiger partial charge in [0.1, 0.15) is 0 Å². The highest BCUT2D eigenvalue weighted by molar-refractivity contribution is 6.33. The summed E-state index contributed by atoms with van der Waals surface area (Å²) in [5, 5.41) is 1.18. The number of rotatable bonds is 2. The molecule has 1 amide bonds.